The highest BCUT2D eigenvalue weighted by atomic mass is 79.9. The summed E-state index contributed by atoms with van der Waals surface area (Å²) in [6, 6.07) is 1.49. The third-order valence-electron chi connectivity index (χ3n) is 2.19. The van der Waals surface area contributed by atoms with Crippen molar-refractivity contribution < 1.29 is 18.7 Å². The Morgan fingerprint density at radius 3 is 2.65 bits per heavy atom. The maximum atomic E-state index is 13.0. The van der Waals surface area contributed by atoms with Crippen LogP contribution in [0.2, 0.25) is 0 Å². The second kappa shape index (κ2) is 6.07. The second-order valence-electron chi connectivity index (χ2n) is 3.63. The summed E-state index contributed by atoms with van der Waals surface area (Å²) in [5.41, 5.74) is 0.0219. The molecule has 0 saturated heterocycles. The Morgan fingerprint density at radius 1 is 1.47 bits per heavy atom. The van der Waals surface area contributed by atoms with Crippen LogP contribution in [0.1, 0.15) is 23.7 Å². The van der Waals surface area contributed by atoms with Crippen molar-refractivity contribution in [1.82, 2.24) is 5.32 Å². The van der Waals surface area contributed by atoms with Crippen LogP contribution in [0.3, 0.4) is 0 Å². The summed E-state index contributed by atoms with van der Waals surface area (Å²) in [5.74, 6) is -2.61. The van der Waals surface area contributed by atoms with Crippen LogP contribution in [-0.4, -0.2) is 23.7 Å². The number of nitrogens with one attached hydrogen (secondary N) is 1. The minimum Gasteiger partial charge on any atom is -0.396 e. The molecule has 0 radical (unpaired) electrons. The first-order chi connectivity index (χ1) is 7.95. The number of aliphatic hydroxyl groups excluding tert-OH is 1. The molecule has 0 aliphatic heterocycles. The molecule has 1 aromatic rings. The highest BCUT2D eigenvalue weighted by Gasteiger charge is 2.16. The highest BCUT2D eigenvalue weighted by Crippen LogP contribution is 2.20. The molecule has 94 valence electrons. The van der Waals surface area contributed by atoms with Crippen molar-refractivity contribution >= 4 is 21.8 Å². The lowest BCUT2D eigenvalue weighted by atomic mass is 10.1. The summed E-state index contributed by atoms with van der Waals surface area (Å²) < 4.78 is 26.0. The number of halogens is 3. The molecule has 1 atom stereocenters. The van der Waals surface area contributed by atoms with Gasteiger partial charge in [0.25, 0.3) is 5.91 Å². The van der Waals surface area contributed by atoms with Crippen LogP contribution in [0, 0.1) is 11.6 Å². The molecule has 2 N–H and O–H groups in total. The molecule has 0 aromatic heterocycles. The lowest BCUT2D eigenvalue weighted by molar-refractivity contribution is 0.0933. The monoisotopic (exact) mass is 307 g/mol. The van der Waals surface area contributed by atoms with Crippen molar-refractivity contribution in [3.63, 3.8) is 0 Å². The number of amides is 1. The van der Waals surface area contributed by atoms with Gasteiger partial charge in [-0.05, 0) is 41.4 Å². The van der Waals surface area contributed by atoms with E-state index in [1.807, 2.05) is 0 Å². The Kier molecular flexibility index (Phi) is 5.02. The molecular formula is C11H12BrF2NO2. The zero-order valence-corrected chi connectivity index (χ0v) is 10.7. The van der Waals surface area contributed by atoms with E-state index in [0.717, 1.165) is 12.1 Å². The van der Waals surface area contributed by atoms with Gasteiger partial charge in [-0.1, -0.05) is 0 Å². The molecular weight excluding hydrogens is 296 g/mol. The van der Waals surface area contributed by atoms with Crippen molar-refractivity contribution in [1.29, 1.82) is 0 Å². The fraction of sp³-hybridized carbons (Fsp3) is 0.364. The molecule has 0 aliphatic rings. The lowest BCUT2D eigenvalue weighted by Crippen LogP contribution is -2.33. The molecule has 0 heterocycles. The average Bonchev–Trinajstić information content (AvgIpc) is 2.23. The minimum atomic E-state index is -1.08. The lowest BCUT2D eigenvalue weighted by Gasteiger charge is -2.13. The van der Waals surface area contributed by atoms with Crippen LogP contribution in [0.25, 0.3) is 0 Å². The predicted octanol–water partition coefficient (Wildman–Crippen LogP) is 2.23. The number of hydrogen-bond donors (Lipinski definition) is 2. The first-order valence-corrected chi connectivity index (χ1v) is 5.81. The van der Waals surface area contributed by atoms with Crippen molar-refractivity contribution in [2.24, 2.45) is 0 Å². The number of benzene rings is 1. The smallest absolute Gasteiger partial charge is 0.252 e. The molecule has 0 aliphatic carbocycles. The van der Waals surface area contributed by atoms with Gasteiger partial charge in [0.1, 0.15) is 0 Å². The molecule has 1 amide bonds. The normalized spacial score (nSPS) is 12.3. The molecule has 0 unspecified atom stereocenters. The molecule has 0 bridgehead atoms. The molecule has 1 aromatic carbocycles. The van der Waals surface area contributed by atoms with Gasteiger partial charge >= 0.3 is 0 Å². The van der Waals surface area contributed by atoms with Gasteiger partial charge in [0.2, 0.25) is 0 Å². The zero-order valence-electron chi connectivity index (χ0n) is 9.14. The van der Waals surface area contributed by atoms with Crippen LogP contribution in [0.5, 0.6) is 0 Å². The van der Waals surface area contributed by atoms with E-state index in [2.05, 4.69) is 21.2 Å². The molecule has 6 heteroatoms. The predicted molar refractivity (Wildman–Crippen MR) is 62.7 cm³/mol. The molecule has 0 saturated carbocycles. The van der Waals surface area contributed by atoms with Gasteiger partial charge in [-0.3, -0.25) is 4.79 Å². The number of rotatable bonds is 4. The Balaban J connectivity index is 2.86. The summed E-state index contributed by atoms with van der Waals surface area (Å²) in [4.78, 5) is 11.7. The first-order valence-electron chi connectivity index (χ1n) is 5.02. The molecule has 0 spiro atoms. The summed E-state index contributed by atoms with van der Waals surface area (Å²) in [6.45, 7) is 1.66. The Labute approximate surface area is 106 Å². The van der Waals surface area contributed by atoms with E-state index in [1.165, 1.54) is 0 Å². The quantitative estimate of drug-likeness (QED) is 0.838. The van der Waals surface area contributed by atoms with Crippen LogP contribution in [0.15, 0.2) is 16.6 Å². The van der Waals surface area contributed by atoms with Crippen molar-refractivity contribution in [2.75, 3.05) is 6.61 Å². The number of aliphatic hydroxyl groups is 1. The number of hydrogen-bond acceptors (Lipinski definition) is 2. The number of carbonyl (C=O) groups is 1. The van der Waals surface area contributed by atoms with Crippen LogP contribution in [0.4, 0.5) is 8.78 Å². The Bertz CT molecular complexity index is 426. The Hall–Kier alpha value is -1.01. The summed E-state index contributed by atoms with van der Waals surface area (Å²) in [6.07, 6.45) is 0.396. The topological polar surface area (TPSA) is 49.3 Å². The van der Waals surface area contributed by atoms with E-state index < -0.39 is 17.5 Å². The third-order valence-corrected chi connectivity index (χ3v) is 2.85. The van der Waals surface area contributed by atoms with E-state index in [-0.39, 0.29) is 22.7 Å². The van der Waals surface area contributed by atoms with Gasteiger partial charge in [0, 0.05) is 17.1 Å². The number of carbonyl (C=O) groups excluding carboxylic acids is 1. The average molecular weight is 308 g/mol. The molecule has 0 fully saturated rings. The molecule has 17 heavy (non-hydrogen) atoms. The summed E-state index contributed by atoms with van der Waals surface area (Å²) in [7, 11) is 0. The summed E-state index contributed by atoms with van der Waals surface area (Å²) in [5, 5.41) is 11.3. The van der Waals surface area contributed by atoms with Crippen molar-refractivity contribution in [2.45, 2.75) is 19.4 Å². The SMILES string of the molecule is C[C@H](CCO)NC(=O)c1cc(F)c(F)cc1Br. The van der Waals surface area contributed by atoms with Crippen molar-refractivity contribution in [3.05, 3.63) is 33.8 Å². The van der Waals surface area contributed by atoms with Gasteiger partial charge in [0.15, 0.2) is 11.6 Å². The second-order valence-corrected chi connectivity index (χ2v) is 4.49. The molecule has 1 rings (SSSR count). The first kappa shape index (κ1) is 14.1. The van der Waals surface area contributed by atoms with Gasteiger partial charge in [-0.25, -0.2) is 8.78 Å². The minimum absolute atomic E-state index is 0.0219. The Morgan fingerprint density at radius 2 is 2.06 bits per heavy atom. The zero-order chi connectivity index (χ0) is 13.0. The maximum Gasteiger partial charge on any atom is 0.252 e. The van der Waals surface area contributed by atoms with Crippen LogP contribution in [-0.2, 0) is 0 Å². The molecule has 3 nitrogen and oxygen atoms in total. The van der Waals surface area contributed by atoms with E-state index in [1.54, 1.807) is 6.92 Å². The fourth-order valence-electron chi connectivity index (χ4n) is 1.26. The van der Waals surface area contributed by atoms with E-state index in [9.17, 15) is 13.6 Å². The highest BCUT2D eigenvalue weighted by molar-refractivity contribution is 9.10. The van der Waals surface area contributed by atoms with Gasteiger partial charge in [0.05, 0.1) is 5.56 Å². The third kappa shape index (κ3) is 3.74. The van der Waals surface area contributed by atoms with Crippen molar-refractivity contribution in [3.8, 4) is 0 Å². The van der Waals surface area contributed by atoms with Crippen LogP contribution < -0.4 is 5.32 Å². The van der Waals surface area contributed by atoms with Crippen LogP contribution >= 0.6 is 15.9 Å². The standard InChI is InChI=1S/C11H12BrF2NO2/c1-6(2-3-16)15-11(17)7-4-9(13)10(14)5-8(7)12/h4-6,16H,2-3H2,1H3,(H,15,17)/t6-/m1/s1. The van der Waals surface area contributed by atoms with E-state index >= 15 is 0 Å². The van der Waals surface area contributed by atoms with Gasteiger partial charge < -0.3 is 10.4 Å². The maximum absolute atomic E-state index is 13.0. The van der Waals surface area contributed by atoms with Gasteiger partial charge in [-0.15, -0.1) is 0 Å². The fourth-order valence-corrected chi connectivity index (χ4v) is 1.76. The van der Waals surface area contributed by atoms with E-state index in [0.29, 0.717) is 6.42 Å². The largest absolute Gasteiger partial charge is 0.396 e. The summed E-state index contributed by atoms with van der Waals surface area (Å²) >= 11 is 2.99. The van der Waals surface area contributed by atoms with E-state index in [4.69, 9.17) is 5.11 Å². The van der Waals surface area contributed by atoms with Gasteiger partial charge in [-0.2, -0.15) is 0 Å².